The molecule has 23 heavy (non-hydrogen) atoms. The summed E-state index contributed by atoms with van der Waals surface area (Å²) in [5, 5.41) is 13.9. The zero-order valence-electron chi connectivity index (χ0n) is 13.4. The van der Waals surface area contributed by atoms with E-state index in [1.165, 1.54) is 23.8 Å². The quantitative estimate of drug-likeness (QED) is 0.815. The SMILES string of the molecule is CC(=O)NC1C[C@H]2CC[C@@H](C1)N2Cc1c[nH]c2cc(O)ccc12. The summed E-state index contributed by atoms with van der Waals surface area (Å²) in [6.07, 6.45) is 6.62. The Hall–Kier alpha value is -2.01. The van der Waals surface area contributed by atoms with Crippen LogP contribution in [0.1, 0.15) is 38.2 Å². The van der Waals surface area contributed by atoms with Crippen molar-refractivity contribution < 1.29 is 9.90 Å². The number of carbonyl (C=O) groups is 1. The molecule has 2 saturated heterocycles. The van der Waals surface area contributed by atoms with Crippen molar-refractivity contribution in [3.05, 3.63) is 30.0 Å². The predicted molar refractivity (Wildman–Crippen MR) is 89.2 cm³/mol. The van der Waals surface area contributed by atoms with E-state index in [-0.39, 0.29) is 5.91 Å². The summed E-state index contributed by atoms with van der Waals surface area (Å²) in [4.78, 5) is 17.2. The standard InChI is InChI=1S/C18H23N3O2/c1-11(22)20-13-6-14-2-3-15(7-13)21(14)10-12-9-19-18-8-16(23)4-5-17(12)18/h4-5,8-9,13-15,19,23H,2-3,6-7,10H2,1H3,(H,20,22)/t13?,14-,15+. The molecule has 2 aromatic rings. The lowest BCUT2D eigenvalue weighted by molar-refractivity contribution is -0.120. The van der Waals surface area contributed by atoms with E-state index in [0.29, 0.717) is 23.9 Å². The van der Waals surface area contributed by atoms with E-state index >= 15 is 0 Å². The molecule has 2 bridgehead atoms. The molecule has 1 amide bonds. The number of fused-ring (bicyclic) bond motifs is 3. The molecule has 1 aromatic carbocycles. The second-order valence-electron chi connectivity index (χ2n) is 6.97. The van der Waals surface area contributed by atoms with Crippen molar-refractivity contribution in [2.45, 2.75) is 57.3 Å². The summed E-state index contributed by atoms with van der Waals surface area (Å²) in [5.41, 5.74) is 2.27. The first kappa shape index (κ1) is 14.6. The van der Waals surface area contributed by atoms with Crippen LogP contribution in [-0.4, -0.2) is 39.0 Å². The Balaban J connectivity index is 1.52. The van der Waals surface area contributed by atoms with Crippen molar-refractivity contribution >= 4 is 16.8 Å². The topological polar surface area (TPSA) is 68.4 Å². The van der Waals surface area contributed by atoms with Gasteiger partial charge in [-0.1, -0.05) is 0 Å². The zero-order valence-corrected chi connectivity index (χ0v) is 13.4. The van der Waals surface area contributed by atoms with Crippen molar-refractivity contribution in [1.82, 2.24) is 15.2 Å². The molecule has 0 spiro atoms. The molecular weight excluding hydrogens is 290 g/mol. The number of phenolic OH excluding ortho intramolecular Hbond substituents is 1. The molecule has 2 aliphatic heterocycles. The third kappa shape index (κ3) is 2.70. The van der Waals surface area contributed by atoms with E-state index in [0.717, 1.165) is 24.9 Å². The maximum Gasteiger partial charge on any atom is 0.217 e. The highest BCUT2D eigenvalue weighted by molar-refractivity contribution is 5.84. The Morgan fingerprint density at radius 1 is 1.35 bits per heavy atom. The van der Waals surface area contributed by atoms with Gasteiger partial charge in [0.15, 0.2) is 0 Å². The normalized spacial score (nSPS) is 27.4. The van der Waals surface area contributed by atoms with Crippen LogP contribution in [0.5, 0.6) is 5.75 Å². The molecule has 3 atom stereocenters. The lowest BCUT2D eigenvalue weighted by Crippen LogP contribution is -2.49. The lowest BCUT2D eigenvalue weighted by atomic mass is 9.96. The van der Waals surface area contributed by atoms with Crippen molar-refractivity contribution in [3.8, 4) is 5.75 Å². The first-order valence-corrected chi connectivity index (χ1v) is 8.42. The van der Waals surface area contributed by atoms with E-state index in [9.17, 15) is 9.90 Å². The highest BCUT2D eigenvalue weighted by atomic mass is 16.3. The summed E-state index contributed by atoms with van der Waals surface area (Å²) < 4.78 is 0. The molecule has 2 aliphatic rings. The van der Waals surface area contributed by atoms with Crippen molar-refractivity contribution in [2.24, 2.45) is 0 Å². The lowest BCUT2D eigenvalue weighted by Gasteiger charge is -2.39. The molecule has 0 aliphatic carbocycles. The molecule has 5 nitrogen and oxygen atoms in total. The number of phenols is 1. The van der Waals surface area contributed by atoms with Gasteiger partial charge in [-0.05, 0) is 43.4 Å². The fraction of sp³-hybridized carbons (Fsp3) is 0.500. The van der Waals surface area contributed by atoms with Crippen LogP contribution in [0.4, 0.5) is 0 Å². The maximum absolute atomic E-state index is 11.3. The van der Waals surface area contributed by atoms with Crippen molar-refractivity contribution in [3.63, 3.8) is 0 Å². The average molecular weight is 313 g/mol. The minimum atomic E-state index is 0.0827. The molecule has 0 saturated carbocycles. The van der Waals surface area contributed by atoms with Crippen molar-refractivity contribution in [1.29, 1.82) is 0 Å². The van der Waals surface area contributed by atoms with E-state index < -0.39 is 0 Å². The number of aromatic amines is 1. The second-order valence-corrected chi connectivity index (χ2v) is 6.97. The van der Waals surface area contributed by atoms with Crippen LogP contribution in [0.15, 0.2) is 24.4 Å². The minimum Gasteiger partial charge on any atom is -0.508 e. The van der Waals surface area contributed by atoms with Gasteiger partial charge in [0.2, 0.25) is 5.91 Å². The van der Waals surface area contributed by atoms with Gasteiger partial charge in [-0.3, -0.25) is 9.69 Å². The largest absolute Gasteiger partial charge is 0.508 e. The molecule has 3 N–H and O–H groups in total. The monoisotopic (exact) mass is 313 g/mol. The summed E-state index contributed by atoms with van der Waals surface area (Å²) >= 11 is 0. The second kappa shape index (κ2) is 5.57. The number of hydrogen-bond donors (Lipinski definition) is 3. The minimum absolute atomic E-state index is 0.0827. The fourth-order valence-electron chi connectivity index (χ4n) is 4.44. The number of H-pyrrole nitrogens is 1. The predicted octanol–water partition coefficient (Wildman–Crippen LogP) is 2.50. The first-order valence-electron chi connectivity index (χ1n) is 8.42. The Morgan fingerprint density at radius 3 is 2.78 bits per heavy atom. The molecule has 0 radical (unpaired) electrons. The molecule has 122 valence electrons. The first-order chi connectivity index (χ1) is 11.1. The number of nitrogens with zero attached hydrogens (tertiary/aromatic N) is 1. The van der Waals surface area contributed by atoms with Crippen LogP contribution in [0.2, 0.25) is 0 Å². The number of aromatic hydroxyl groups is 1. The van der Waals surface area contributed by atoms with Crippen LogP contribution >= 0.6 is 0 Å². The third-order valence-corrected chi connectivity index (χ3v) is 5.40. The number of hydrogen-bond acceptors (Lipinski definition) is 3. The van der Waals surface area contributed by atoms with Crippen LogP contribution < -0.4 is 5.32 Å². The van der Waals surface area contributed by atoms with Gasteiger partial charge in [0, 0.05) is 54.8 Å². The molecule has 5 heteroatoms. The Morgan fingerprint density at radius 2 is 2.09 bits per heavy atom. The summed E-state index contributed by atoms with van der Waals surface area (Å²) in [6.45, 7) is 2.54. The number of amides is 1. The van der Waals surface area contributed by atoms with Gasteiger partial charge < -0.3 is 15.4 Å². The average Bonchev–Trinajstić information content (AvgIpc) is 2.98. The van der Waals surface area contributed by atoms with E-state index in [1.807, 2.05) is 6.07 Å². The van der Waals surface area contributed by atoms with Gasteiger partial charge in [-0.25, -0.2) is 0 Å². The van der Waals surface area contributed by atoms with Gasteiger partial charge in [0.1, 0.15) is 5.75 Å². The third-order valence-electron chi connectivity index (χ3n) is 5.40. The van der Waals surface area contributed by atoms with Gasteiger partial charge >= 0.3 is 0 Å². The van der Waals surface area contributed by atoms with Crippen LogP contribution in [-0.2, 0) is 11.3 Å². The van der Waals surface area contributed by atoms with E-state index in [2.05, 4.69) is 21.4 Å². The molecule has 2 fully saturated rings. The smallest absolute Gasteiger partial charge is 0.217 e. The number of piperidine rings is 1. The maximum atomic E-state index is 11.3. The Kier molecular flexibility index (Phi) is 3.53. The molecule has 3 heterocycles. The Bertz CT molecular complexity index is 725. The van der Waals surface area contributed by atoms with Crippen LogP contribution in [0.25, 0.3) is 10.9 Å². The molecule has 1 aromatic heterocycles. The summed E-state index contributed by atoms with van der Waals surface area (Å²) in [7, 11) is 0. The number of rotatable bonds is 3. The fourth-order valence-corrected chi connectivity index (χ4v) is 4.44. The molecular formula is C18H23N3O2. The number of nitrogens with one attached hydrogen (secondary N) is 2. The molecule has 4 rings (SSSR count). The number of benzene rings is 1. The van der Waals surface area contributed by atoms with Crippen LogP contribution in [0.3, 0.4) is 0 Å². The highest BCUT2D eigenvalue weighted by Crippen LogP contribution is 2.37. The Labute approximate surface area is 135 Å². The number of aromatic nitrogens is 1. The van der Waals surface area contributed by atoms with Crippen molar-refractivity contribution in [2.75, 3.05) is 0 Å². The highest BCUT2D eigenvalue weighted by Gasteiger charge is 2.40. The zero-order chi connectivity index (χ0) is 16.0. The van der Waals surface area contributed by atoms with Gasteiger partial charge in [0.25, 0.3) is 0 Å². The summed E-state index contributed by atoms with van der Waals surface area (Å²) in [6, 6.07) is 6.97. The van der Waals surface area contributed by atoms with Crippen LogP contribution in [0, 0.1) is 0 Å². The summed E-state index contributed by atoms with van der Waals surface area (Å²) in [5.74, 6) is 0.376. The molecule has 1 unspecified atom stereocenters. The number of carbonyl (C=O) groups excluding carboxylic acids is 1. The van der Waals surface area contributed by atoms with E-state index in [1.54, 1.807) is 19.1 Å². The van der Waals surface area contributed by atoms with Gasteiger partial charge in [-0.15, -0.1) is 0 Å². The van der Waals surface area contributed by atoms with Gasteiger partial charge in [0.05, 0.1) is 0 Å². The van der Waals surface area contributed by atoms with E-state index in [4.69, 9.17) is 0 Å². The van der Waals surface area contributed by atoms with Gasteiger partial charge in [-0.2, -0.15) is 0 Å².